The van der Waals surface area contributed by atoms with Crippen LogP contribution in [0.3, 0.4) is 0 Å². The molecule has 0 heterocycles. The van der Waals surface area contributed by atoms with Crippen LogP contribution < -0.4 is 11.1 Å². The van der Waals surface area contributed by atoms with E-state index in [-0.39, 0.29) is 5.91 Å². The molecule has 3 heteroatoms. The van der Waals surface area contributed by atoms with Gasteiger partial charge in [0.15, 0.2) is 0 Å². The van der Waals surface area contributed by atoms with Gasteiger partial charge < -0.3 is 11.1 Å². The predicted molar refractivity (Wildman–Crippen MR) is 75.1 cm³/mol. The summed E-state index contributed by atoms with van der Waals surface area (Å²) in [6, 6.07) is 8.13. The number of carbonyl (C=O) groups excluding carboxylic acids is 1. The maximum Gasteiger partial charge on any atom is 0.227 e. The van der Waals surface area contributed by atoms with Gasteiger partial charge in [0.05, 0.1) is 5.41 Å². The molecule has 0 unspecified atom stereocenters. The molecular formula is C15H24N2O. The van der Waals surface area contributed by atoms with Crippen LogP contribution in [0.5, 0.6) is 0 Å². The zero-order valence-electron chi connectivity index (χ0n) is 12.0. The fraction of sp³-hybridized carbons (Fsp3) is 0.533. The van der Waals surface area contributed by atoms with Gasteiger partial charge in [-0.3, -0.25) is 4.79 Å². The fourth-order valence-corrected chi connectivity index (χ4v) is 1.40. The summed E-state index contributed by atoms with van der Waals surface area (Å²) in [5.41, 5.74) is 7.20. The fourth-order valence-electron chi connectivity index (χ4n) is 1.40. The number of carbonyl (C=O) groups is 1. The molecule has 0 fully saturated rings. The number of nitrogens with one attached hydrogen (secondary N) is 1. The minimum atomic E-state index is -0.600. The summed E-state index contributed by atoms with van der Waals surface area (Å²) in [7, 11) is 0. The van der Waals surface area contributed by atoms with Crippen LogP contribution in [0, 0.1) is 12.3 Å². The molecule has 3 N–H and O–H groups in total. The van der Waals surface area contributed by atoms with E-state index < -0.39 is 11.0 Å². The molecule has 1 aromatic rings. The van der Waals surface area contributed by atoms with Crippen LogP contribution in [0.4, 0.5) is 0 Å². The third-order valence-corrected chi connectivity index (χ3v) is 3.75. The highest BCUT2D eigenvalue weighted by molar-refractivity contribution is 5.83. The summed E-state index contributed by atoms with van der Waals surface area (Å²) in [6.07, 6.45) is 0. The summed E-state index contributed by atoms with van der Waals surface area (Å²) in [5, 5.41) is 2.95. The van der Waals surface area contributed by atoms with E-state index in [1.165, 1.54) is 5.56 Å². The Bertz CT molecular complexity index is 413. The van der Waals surface area contributed by atoms with Gasteiger partial charge in [0.2, 0.25) is 5.91 Å². The number of rotatable bonds is 4. The molecule has 1 rings (SSSR count). The highest BCUT2D eigenvalue weighted by Gasteiger charge is 2.40. The minimum absolute atomic E-state index is 0.0180. The number of nitrogens with two attached hydrogens (primary N) is 1. The second-order valence-corrected chi connectivity index (χ2v) is 6.01. The van der Waals surface area contributed by atoms with Crippen LogP contribution in [0.1, 0.15) is 38.8 Å². The van der Waals surface area contributed by atoms with Crippen molar-refractivity contribution in [3.8, 4) is 0 Å². The van der Waals surface area contributed by atoms with Gasteiger partial charge in [0.25, 0.3) is 0 Å². The molecular weight excluding hydrogens is 224 g/mol. The first-order valence-electron chi connectivity index (χ1n) is 6.27. The Hall–Kier alpha value is -1.35. The Morgan fingerprint density at radius 2 is 1.67 bits per heavy atom. The van der Waals surface area contributed by atoms with E-state index in [2.05, 4.69) is 5.32 Å². The monoisotopic (exact) mass is 248 g/mol. The molecule has 0 atom stereocenters. The largest absolute Gasteiger partial charge is 0.352 e. The maximum atomic E-state index is 12.2. The van der Waals surface area contributed by atoms with Gasteiger partial charge >= 0.3 is 0 Å². The number of hydrogen-bond acceptors (Lipinski definition) is 2. The van der Waals surface area contributed by atoms with Crippen molar-refractivity contribution in [3.63, 3.8) is 0 Å². The lowest BCUT2D eigenvalue weighted by atomic mass is 9.74. The van der Waals surface area contributed by atoms with Gasteiger partial charge in [-0.15, -0.1) is 0 Å². The van der Waals surface area contributed by atoms with Crippen molar-refractivity contribution < 1.29 is 4.79 Å². The normalized spacial score (nSPS) is 12.3. The van der Waals surface area contributed by atoms with Crippen LogP contribution in [0.15, 0.2) is 24.3 Å². The molecule has 0 aliphatic heterocycles. The summed E-state index contributed by atoms with van der Waals surface area (Å²) in [6.45, 7) is 10.1. The van der Waals surface area contributed by atoms with Crippen molar-refractivity contribution in [2.75, 3.05) is 0 Å². The lowest BCUT2D eigenvalue weighted by Gasteiger charge is -2.36. The third kappa shape index (κ3) is 3.33. The van der Waals surface area contributed by atoms with E-state index in [1.54, 1.807) is 0 Å². The highest BCUT2D eigenvalue weighted by Crippen LogP contribution is 2.28. The molecule has 0 aliphatic carbocycles. The van der Waals surface area contributed by atoms with Gasteiger partial charge in [-0.1, -0.05) is 29.8 Å². The SMILES string of the molecule is Cc1ccc(CNC(=O)C(C)(C)C(C)(C)N)cc1. The highest BCUT2D eigenvalue weighted by atomic mass is 16.2. The average Bonchev–Trinajstić information content (AvgIpc) is 2.26. The van der Waals surface area contributed by atoms with Crippen LogP contribution in [-0.2, 0) is 11.3 Å². The van der Waals surface area contributed by atoms with E-state index in [0.29, 0.717) is 6.54 Å². The first-order valence-corrected chi connectivity index (χ1v) is 6.27. The Balaban J connectivity index is 2.64. The molecule has 0 spiro atoms. The molecule has 1 aromatic carbocycles. The number of amides is 1. The average molecular weight is 248 g/mol. The van der Waals surface area contributed by atoms with E-state index in [1.807, 2.05) is 58.9 Å². The maximum absolute atomic E-state index is 12.2. The summed E-state index contributed by atoms with van der Waals surface area (Å²) in [5.74, 6) is -0.0180. The molecule has 0 bridgehead atoms. The molecule has 100 valence electrons. The lowest BCUT2D eigenvalue weighted by molar-refractivity contribution is -0.132. The number of hydrogen-bond donors (Lipinski definition) is 2. The first kappa shape index (κ1) is 14.7. The summed E-state index contributed by atoms with van der Waals surface area (Å²) >= 11 is 0. The Labute approximate surface area is 110 Å². The van der Waals surface area contributed by atoms with Crippen LogP contribution in [-0.4, -0.2) is 11.4 Å². The van der Waals surface area contributed by atoms with E-state index in [4.69, 9.17) is 5.73 Å². The van der Waals surface area contributed by atoms with Crippen molar-refractivity contribution in [2.24, 2.45) is 11.1 Å². The Morgan fingerprint density at radius 3 is 2.11 bits per heavy atom. The second-order valence-electron chi connectivity index (χ2n) is 6.01. The number of benzene rings is 1. The Morgan fingerprint density at radius 1 is 1.17 bits per heavy atom. The van der Waals surface area contributed by atoms with Crippen LogP contribution in [0.25, 0.3) is 0 Å². The van der Waals surface area contributed by atoms with Crippen molar-refractivity contribution in [3.05, 3.63) is 35.4 Å². The van der Waals surface area contributed by atoms with Gasteiger partial charge in [-0.05, 0) is 40.2 Å². The summed E-state index contributed by atoms with van der Waals surface area (Å²) in [4.78, 5) is 12.2. The van der Waals surface area contributed by atoms with Crippen molar-refractivity contribution in [1.82, 2.24) is 5.32 Å². The zero-order valence-corrected chi connectivity index (χ0v) is 12.0. The van der Waals surface area contributed by atoms with E-state index in [0.717, 1.165) is 5.56 Å². The topological polar surface area (TPSA) is 55.1 Å². The number of aryl methyl sites for hydroxylation is 1. The molecule has 0 saturated carbocycles. The Kier molecular flexibility index (Phi) is 4.17. The first-order chi connectivity index (χ1) is 8.14. The zero-order chi connectivity index (χ0) is 14.0. The predicted octanol–water partition coefficient (Wildman–Crippen LogP) is 2.37. The van der Waals surface area contributed by atoms with Gasteiger partial charge in [-0.25, -0.2) is 0 Å². The van der Waals surface area contributed by atoms with Gasteiger partial charge in [0.1, 0.15) is 0 Å². The molecule has 1 amide bonds. The quantitative estimate of drug-likeness (QED) is 0.859. The molecule has 0 radical (unpaired) electrons. The smallest absolute Gasteiger partial charge is 0.227 e. The van der Waals surface area contributed by atoms with Gasteiger partial charge in [0, 0.05) is 12.1 Å². The molecule has 18 heavy (non-hydrogen) atoms. The molecule has 3 nitrogen and oxygen atoms in total. The van der Waals surface area contributed by atoms with Gasteiger partial charge in [-0.2, -0.15) is 0 Å². The lowest BCUT2D eigenvalue weighted by Crippen LogP contribution is -2.55. The third-order valence-electron chi connectivity index (χ3n) is 3.75. The second kappa shape index (κ2) is 5.11. The molecule has 0 aliphatic rings. The van der Waals surface area contributed by atoms with Crippen molar-refractivity contribution in [1.29, 1.82) is 0 Å². The van der Waals surface area contributed by atoms with Crippen molar-refractivity contribution >= 4 is 5.91 Å². The molecule has 0 saturated heterocycles. The van der Waals surface area contributed by atoms with E-state index >= 15 is 0 Å². The minimum Gasteiger partial charge on any atom is -0.352 e. The van der Waals surface area contributed by atoms with Crippen LogP contribution >= 0.6 is 0 Å². The standard InChI is InChI=1S/C15H24N2O/c1-11-6-8-12(9-7-11)10-17-13(18)14(2,3)15(4,5)16/h6-9H,10,16H2,1-5H3,(H,17,18). The van der Waals surface area contributed by atoms with Crippen molar-refractivity contribution in [2.45, 2.75) is 46.7 Å². The molecule has 0 aromatic heterocycles. The van der Waals surface area contributed by atoms with E-state index in [9.17, 15) is 4.79 Å². The van der Waals surface area contributed by atoms with Crippen LogP contribution in [0.2, 0.25) is 0 Å². The summed E-state index contributed by atoms with van der Waals surface area (Å²) < 4.78 is 0.